The zero-order chi connectivity index (χ0) is 22.4. The van der Waals surface area contributed by atoms with Crippen LogP contribution in [0.4, 0.5) is 0 Å². The van der Waals surface area contributed by atoms with Crippen molar-refractivity contribution in [1.29, 1.82) is 10.7 Å². The van der Waals surface area contributed by atoms with Crippen molar-refractivity contribution in [1.82, 2.24) is 14.8 Å². The molecule has 2 heterocycles. The zero-order valence-corrected chi connectivity index (χ0v) is 18.4. The van der Waals surface area contributed by atoms with Gasteiger partial charge in [-0.1, -0.05) is 55.2 Å². The highest BCUT2D eigenvalue weighted by Gasteiger charge is 2.43. The van der Waals surface area contributed by atoms with E-state index in [0.29, 0.717) is 5.57 Å². The molecule has 0 bridgehead atoms. The first-order chi connectivity index (χ1) is 15.6. The summed E-state index contributed by atoms with van der Waals surface area (Å²) >= 11 is 1.56. The van der Waals surface area contributed by atoms with E-state index in [2.05, 4.69) is 12.6 Å². The quantitative estimate of drug-likeness (QED) is 0.456. The van der Waals surface area contributed by atoms with E-state index in [1.165, 1.54) is 6.21 Å². The van der Waals surface area contributed by atoms with Gasteiger partial charge >= 0.3 is 0 Å². The first kappa shape index (κ1) is 20.3. The fraction of sp³-hybridized carbons (Fsp3) is 0.240. The van der Waals surface area contributed by atoms with Gasteiger partial charge in [-0.15, -0.1) is 0 Å². The molecule has 0 aliphatic heterocycles. The molecule has 158 valence electrons. The van der Waals surface area contributed by atoms with Crippen molar-refractivity contribution in [3.8, 4) is 11.2 Å². The van der Waals surface area contributed by atoms with Crippen LogP contribution in [0.15, 0.2) is 54.6 Å². The highest BCUT2D eigenvalue weighted by Crippen LogP contribution is 2.47. The normalized spacial score (nSPS) is 22.6. The predicted molar refractivity (Wildman–Crippen MR) is 126 cm³/mol. The number of carbonyl (C=O) groups excluding carboxylic acids is 1. The Morgan fingerprint density at radius 1 is 1.41 bits per heavy atom. The molecular formula is C25H21N5OS. The van der Waals surface area contributed by atoms with Gasteiger partial charge in [-0.2, -0.15) is 10.4 Å². The number of benzene rings is 1. The van der Waals surface area contributed by atoms with Gasteiger partial charge in [0.05, 0.1) is 27.2 Å². The first-order valence-corrected chi connectivity index (χ1v) is 11.4. The van der Waals surface area contributed by atoms with Gasteiger partial charge in [0.1, 0.15) is 6.07 Å². The summed E-state index contributed by atoms with van der Waals surface area (Å²) in [6.07, 6.45) is 8.15. The molecule has 3 atom stereocenters. The van der Waals surface area contributed by atoms with Gasteiger partial charge in [-0.3, -0.25) is 4.79 Å². The van der Waals surface area contributed by atoms with Gasteiger partial charge in [-0.25, -0.2) is 9.67 Å². The third kappa shape index (κ3) is 2.99. The molecule has 3 aromatic rings. The monoisotopic (exact) mass is 439 g/mol. The standard InChI is InChI=1S/C25H21N5OS/c1-3-6-15(12-26)22-18-10-9-17-14(2)24(31)16(13-27)11-19(17)23(18)30(29-22)25-28-20-7-4-5-8-21(20)32-25/h3-8,11-12,14,17,19,26H,1,9-10H2,2H3/b15-6+,26-12?. The molecule has 0 radical (unpaired) electrons. The largest absolute Gasteiger partial charge is 0.308 e. The van der Waals surface area contributed by atoms with Crippen molar-refractivity contribution < 1.29 is 4.79 Å². The molecule has 1 aromatic carbocycles. The lowest BCUT2D eigenvalue weighted by atomic mass is 9.66. The summed E-state index contributed by atoms with van der Waals surface area (Å²) in [5.41, 5.74) is 4.57. The van der Waals surface area contributed by atoms with E-state index in [4.69, 9.17) is 15.5 Å². The van der Waals surface area contributed by atoms with E-state index >= 15 is 0 Å². The third-order valence-corrected chi connectivity index (χ3v) is 7.52. The molecule has 7 heteroatoms. The van der Waals surface area contributed by atoms with Crippen LogP contribution in [-0.2, 0) is 11.2 Å². The predicted octanol–water partition coefficient (Wildman–Crippen LogP) is 5.02. The molecule has 32 heavy (non-hydrogen) atoms. The molecule has 2 aliphatic carbocycles. The summed E-state index contributed by atoms with van der Waals surface area (Å²) in [6.45, 7) is 5.70. The lowest BCUT2D eigenvalue weighted by Crippen LogP contribution is -2.35. The van der Waals surface area contributed by atoms with Crippen LogP contribution in [0.1, 0.15) is 36.2 Å². The highest BCUT2D eigenvalue weighted by atomic mass is 32.1. The molecule has 0 fully saturated rings. The number of ketones is 1. The van der Waals surface area contributed by atoms with Gasteiger partial charge in [-0.05, 0) is 30.9 Å². The van der Waals surface area contributed by atoms with E-state index in [0.717, 1.165) is 45.1 Å². The maximum absolute atomic E-state index is 12.7. The Morgan fingerprint density at radius 3 is 2.94 bits per heavy atom. The number of hydrogen-bond acceptors (Lipinski definition) is 6. The number of carbonyl (C=O) groups is 1. The van der Waals surface area contributed by atoms with Crippen molar-refractivity contribution in [3.63, 3.8) is 0 Å². The lowest BCUT2D eigenvalue weighted by molar-refractivity contribution is -0.120. The SMILES string of the molecule is C=C/C=C(\C=N)c1nn(-c2nc3ccccc3s2)c2c1CCC1C(C)C(=O)C(C#N)=CC21. The van der Waals surface area contributed by atoms with Gasteiger partial charge < -0.3 is 5.41 Å². The maximum atomic E-state index is 12.7. The Bertz CT molecular complexity index is 1350. The van der Waals surface area contributed by atoms with Crippen molar-refractivity contribution in [2.45, 2.75) is 25.7 Å². The number of hydrogen-bond donors (Lipinski definition) is 1. The van der Waals surface area contributed by atoms with Crippen LogP contribution in [0.5, 0.6) is 0 Å². The van der Waals surface area contributed by atoms with Crippen molar-refractivity contribution in [2.75, 3.05) is 0 Å². The fourth-order valence-electron chi connectivity index (χ4n) is 4.95. The molecule has 1 N–H and O–H groups in total. The van der Waals surface area contributed by atoms with Gasteiger partial charge in [0, 0.05) is 29.2 Å². The second kappa shape index (κ2) is 7.81. The Morgan fingerprint density at radius 2 is 2.22 bits per heavy atom. The number of nitrogens with zero attached hydrogens (tertiary/aromatic N) is 4. The summed E-state index contributed by atoms with van der Waals surface area (Å²) in [5, 5.41) is 23.2. The second-order valence-electron chi connectivity index (χ2n) is 8.16. The smallest absolute Gasteiger partial charge is 0.211 e. The minimum absolute atomic E-state index is 0.0739. The zero-order valence-electron chi connectivity index (χ0n) is 17.6. The minimum Gasteiger partial charge on any atom is -0.308 e. The average molecular weight is 440 g/mol. The van der Waals surface area contributed by atoms with Gasteiger partial charge in [0.25, 0.3) is 0 Å². The van der Waals surface area contributed by atoms with Crippen molar-refractivity contribution >= 4 is 39.1 Å². The number of nitrogens with one attached hydrogen (secondary N) is 1. The molecule has 0 spiro atoms. The Labute approximate surface area is 189 Å². The Kier molecular flexibility index (Phi) is 4.95. The Balaban J connectivity index is 1.79. The topological polar surface area (TPSA) is 95.4 Å². The van der Waals surface area contributed by atoms with Crippen LogP contribution in [0.2, 0.25) is 0 Å². The number of nitriles is 1. The number of Topliss-reactive ketones (excluding diaryl/α,β-unsaturated/α-hetero) is 1. The number of fused-ring (bicyclic) bond motifs is 4. The molecule has 5 rings (SSSR count). The molecule has 3 unspecified atom stereocenters. The molecule has 6 nitrogen and oxygen atoms in total. The average Bonchev–Trinajstić information content (AvgIpc) is 3.41. The molecule has 2 aromatic heterocycles. The van der Waals surface area contributed by atoms with Crippen LogP contribution in [0.3, 0.4) is 0 Å². The summed E-state index contributed by atoms with van der Waals surface area (Å²) in [4.78, 5) is 17.5. The van der Waals surface area contributed by atoms with Gasteiger partial charge in [0.2, 0.25) is 5.13 Å². The number of aromatic nitrogens is 3. The molecule has 0 amide bonds. The molecule has 2 aliphatic rings. The molecule has 0 saturated heterocycles. The molecule has 0 saturated carbocycles. The highest BCUT2D eigenvalue weighted by molar-refractivity contribution is 7.20. The second-order valence-corrected chi connectivity index (χ2v) is 9.17. The number of rotatable bonds is 4. The first-order valence-electron chi connectivity index (χ1n) is 10.5. The Hall–Kier alpha value is -3.63. The fourth-order valence-corrected chi connectivity index (χ4v) is 5.88. The summed E-state index contributed by atoms with van der Waals surface area (Å²) in [6, 6.07) is 10.1. The number of allylic oxidation sites excluding steroid dienone is 5. The van der Waals surface area contributed by atoms with Crippen molar-refractivity contribution in [3.05, 3.63) is 71.6 Å². The summed E-state index contributed by atoms with van der Waals surface area (Å²) in [7, 11) is 0. The minimum atomic E-state index is -0.221. The maximum Gasteiger partial charge on any atom is 0.211 e. The third-order valence-electron chi connectivity index (χ3n) is 6.51. The molecular weight excluding hydrogens is 418 g/mol. The number of thiazole rings is 1. The van der Waals surface area contributed by atoms with E-state index in [1.807, 2.05) is 41.9 Å². The van der Waals surface area contributed by atoms with Crippen molar-refractivity contribution in [2.24, 2.45) is 11.8 Å². The lowest BCUT2D eigenvalue weighted by Gasteiger charge is -2.37. The van der Waals surface area contributed by atoms with E-state index < -0.39 is 0 Å². The van der Waals surface area contributed by atoms with E-state index in [1.54, 1.807) is 23.5 Å². The van der Waals surface area contributed by atoms with Crippen LogP contribution < -0.4 is 0 Å². The van der Waals surface area contributed by atoms with E-state index in [-0.39, 0.29) is 29.1 Å². The van der Waals surface area contributed by atoms with Crippen LogP contribution in [-0.4, -0.2) is 26.8 Å². The summed E-state index contributed by atoms with van der Waals surface area (Å²) in [5.74, 6) is -0.294. The summed E-state index contributed by atoms with van der Waals surface area (Å²) < 4.78 is 2.94. The van der Waals surface area contributed by atoms with Crippen LogP contribution in [0.25, 0.3) is 20.9 Å². The number of para-hydroxylation sites is 1. The van der Waals surface area contributed by atoms with Crippen LogP contribution in [0, 0.1) is 28.6 Å². The van der Waals surface area contributed by atoms with Crippen LogP contribution >= 0.6 is 11.3 Å². The van der Waals surface area contributed by atoms with E-state index in [9.17, 15) is 10.1 Å². The van der Waals surface area contributed by atoms with Gasteiger partial charge in [0.15, 0.2) is 5.78 Å².